The molecule has 0 aliphatic heterocycles. The van der Waals surface area contributed by atoms with Crippen LogP contribution in [0.25, 0.3) is 21.8 Å². The highest BCUT2D eigenvalue weighted by Gasteiger charge is 2.23. The number of nitrogens with two attached hydrogens (primary N) is 1. The molecule has 1 aromatic heterocycles. The summed E-state index contributed by atoms with van der Waals surface area (Å²) in [5, 5.41) is 3.26. The van der Waals surface area contributed by atoms with Crippen LogP contribution in [0.5, 0.6) is 0 Å². The number of H-pyrrole nitrogens is 1. The van der Waals surface area contributed by atoms with E-state index >= 15 is 0 Å². The average molecular weight is 371 g/mol. The van der Waals surface area contributed by atoms with E-state index in [2.05, 4.69) is 10.3 Å². The largest absolute Gasteiger partial charge is 0.388 e. The summed E-state index contributed by atoms with van der Waals surface area (Å²) in [5.41, 5.74) is 6.36. The van der Waals surface area contributed by atoms with Gasteiger partial charge in [0.25, 0.3) is 5.91 Å². The number of fused-ring (bicyclic) bond motifs is 2. The second kappa shape index (κ2) is 5.60. The molecule has 0 fully saturated rings. The van der Waals surface area contributed by atoms with Gasteiger partial charge in [-0.2, -0.15) is 0 Å². The van der Waals surface area contributed by atoms with Crippen molar-refractivity contribution in [3.05, 3.63) is 49.1 Å². The second-order valence-electron chi connectivity index (χ2n) is 4.90. The van der Waals surface area contributed by atoms with Crippen LogP contribution in [0.15, 0.2) is 23.0 Å². The maximum absolute atomic E-state index is 12.8. The van der Waals surface area contributed by atoms with Crippen LogP contribution in [-0.4, -0.2) is 17.9 Å². The van der Waals surface area contributed by atoms with Gasteiger partial charge < -0.3 is 16.0 Å². The minimum Gasteiger partial charge on any atom is -0.388 e. The molecule has 0 saturated carbocycles. The van der Waals surface area contributed by atoms with E-state index in [1.165, 1.54) is 0 Å². The number of rotatable bonds is 2. The van der Waals surface area contributed by atoms with Gasteiger partial charge in [-0.3, -0.25) is 9.59 Å². The minimum absolute atomic E-state index is 0.0246. The van der Waals surface area contributed by atoms with E-state index in [9.17, 15) is 9.59 Å². The van der Waals surface area contributed by atoms with E-state index in [1.807, 2.05) is 0 Å². The molecule has 0 radical (unpaired) electrons. The summed E-state index contributed by atoms with van der Waals surface area (Å²) in [6, 6.07) is 5.22. The first-order valence-corrected chi connectivity index (χ1v) is 7.64. The zero-order valence-corrected chi connectivity index (χ0v) is 14.0. The number of halogens is 3. The van der Waals surface area contributed by atoms with E-state index < -0.39 is 5.91 Å². The van der Waals surface area contributed by atoms with Gasteiger partial charge in [0, 0.05) is 23.6 Å². The van der Waals surface area contributed by atoms with Gasteiger partial charge in [0.2, 0.25) is 0 Å². The van der Waals surface area contributed by atoms with Crippen molar-refractivity contribution in [3.63, 3.8) is 0 Å². The maximum Gasteiger partial charge on any atom is 0.251 e. The molecular weight excluding hydrogens is 361 g/mol. The molecule has 0 bridgehead atoms. The van der Waals surface area contributed by atoms with Crippen molar-refractivity contribution in [1.29, 1.82) is 0 Å². The summed E-state index contributed by atoms with van der Waals surface area (Å²) in [4.78, 5) is 27.5. The Hall–Kier alpha value is -1.95. The molecule has 0 spiro atoms. The van der Waals surface area contributed by atoms with Crippen LogP contribution < -0.4 is 16.5 Å². The predicted molar refractivity (Wildman–Crippen MR) is 95.2 cm³/mol. The molecule has 3 aromatic rings. The molecule has 0 aliphatic carbocycles. The lowest BCUT2D eigenvalue weighted by molar-refractivity contribution is 0.100. The van der Waals surface area contributed by atoms with Crippen LogP contribution in [0.1, 0.15) is 10.4 Å². The summed E-state index contributed by atoms with van der Waals surface area (Å²) in [5.74, 6) is -0.854. The third kappa shape index (κ3) is 2.32. The van der Waals surface area contributed by atoms with E-state index in [4.69, 9.17) is 40.5 Å². The number of amides is 1. The zero-order chi connectivity index (χ0) is 16.9. The maximum atomic E-state index is 12.8. The van der Waals surface area contributed by atoms with Gasteiger partial charge >= 0.3 is 0 Å². The Labute approximate surface area is 145 Å². The number of primary amides is 1. The van der Waals surface area contributed by atoms with Crippen LogP contribution in [0, 0.1) is 0 Å². The molecular formula is C15H10Cl3N3O2. The highest BCUT2D eigenvalue weighted by molar-refractivity contribution is 6.50. The molecule has 5 nitrogen and oxygen atoms in total. The van der Waals surface area contributed by atoms with Crippen molar-refractivity contribution < 1.29 is 4.79 Å². The molecule has 0 saturated heterocycles. The molecule has 3 rings (SSSR count). The molecule has 0 atom stereocenters. The first-order chi connectivity index (χ1) is 10.9. The first kappa shape index (κ1) is 15.9. The standard InChI is InChI=1S/C15H10Cl3N3O2/c1-20-5-2-3-7-6(4-5)14(22)9-10(16)8(15(19)23)11(17)12(18)13(9)21-7/h2-4,20H,1H3,(H2,19,23)(H,21,22). The molecule has 0 aliphatic rings. The second-order valence-corrected chi connectivity index (χ2v) is 6.03. The lowest BCUT2D eigenvalue weighted by Crippen LogP contribution is -2.15. The lowest BCUT2D eigenvalue weighted by atomic mass is 10.1. The number of benzene rings is 2. The molecule has 118 valence electrons. The lowest BCUT2D eigenvalue weighted by Gasteiger charge is -2.12. The van der Waals surface area contributed by atoms with Crippen LogP contribution in [0.2, 0.25) is 15.1 Å². The Kier molecular flexibility index (Phi) is 3.88. The van der Waals surface area contributed by atoms with E-state index in [-0.39, 0.29) is 37.0 Å². The van der Waals surface area contributed by atoms with Gasteiger partial charge in [-0.05, 0) is 18.2 Å². The molecule has 8 heteroatoms. The fourth-order valence-electron chi connectivity index (χ4n) is 2.47. The highest BCUT2D eigenvalue weighted by Crippen LogP contribution is 2.38. The summed E-state index contributed by atoms with van der Waals surface area (Å²) in [6.07, 6.45) is 0. The minimum atomic E-state index is -0.854. The molecule has 23 heavy (non-hydrogen) atoms. The van der Waals surface area contributed by atoms with Gasteiger partial charge in [0.05, 0.1) is 31.5 Å². The fourth-order valence-corrected chi connectivity index (χ4v) is 3.41. The van der Waals surface area contributed by atoms with Crippen molar-refractivity contribution in [3.8, 4) is 0 Å². The Balaban J connectivity index is 2.60. The van der Waals surface area contributed by atoms with E-state index in [0.29, 0.717) is 10.9 Å². The number of nitrogens with one attached hydrogen (secondary N) is 2. The number of aromatic nitrogens is 1. The van der Waals surface area contributed by atoms with Crippen LogP contribution in [-0.2, 0) is 0 Å². The smallest absolute Gasteiger partial charge is 0.251 e. The Bertz CT molecular complexity index is 1040. The Morgan fingerprint density at radius 1 is 1.17 bits per heavy atom. The third-order valence-corrected chi connectivity index (χ3v) is 4.84. The van der Waals surface area contributed by atoms with E-state index in [1.54, 1.807) is 25.2 Å². The molecule has 0 unspecified atom stereocenters. The summed E-state index contributed by atoms with van der Waals surface area (Å²) < 4.78 is 0. The normalized spacial score (nSPS) is 11.1. The number of hydrogen-bond acceptors (Lipinski definition) is 3. The highest BCUT2D eigenvalue weighted by atomic mass is 35.5. The van der Waals surface area contributed by atoms with Crippen molar-refractivity contribution in [2.45, 2.75) is 0 Å². The first-order valence-electron chi connectivity index (χ1n) is 6.50. The van der Waals surface area contributed by atoms with Crippen molar-refractivity contribution in [2.24, 2.45) is 5.73 Å². The van der Waals surface area contributed by atoms with Gasteiger partial charge in [-0.15, -0.1) is 0 Å². The van der Waals surface area contributed by atoms with Crippen LogP contribution in [0.4, 0.5) is 5.69 Å². The van der Waals surface area contributed by atoms with Gasteiger partial charge in [-0.1, -0.05) is 34.8 Å². The number of carbonyl (C=O) groups excluding carboxylic acids is 1. The number of anilines is 1. The number of aromatic amines is 1. The SMILES string of the molecule is CNc1ccc2[nH]c3c(Cl)c(Cl)c(C(N)=O)c(Cl)c3c(=O)c2c1. The molecule has 1 amide bonds. The zero-order valence-electron chi connectivity index (χ0n) is 11.8. The van der Waals surface area contributed by atoms with Gasteiger partial charge in [0.15, 0.2) is 5.43 Å². The topological polar surface area (TPSA) is 88.0 Å². The fraction of sp³-hybridized carbons (Fsp3) is 0.0667. The van der Waals surface area contributed by atoms with Gasteiger partial charge in [0.1, 0.15) is 0 Å². The Morgan fingerprint density at radius 3 is 2.48 bits per heavy atom. The summed E-state index contributed by atoms with van der Waals surface area (Å²) >= 11 is 18.5. The summed E-state index contributed by atoms with van der Waals surface area (Å²) in [6.45, 7) is 0. The number of pyridine rings is 1. The van der Waals surface area contributed by atoms with Crippen molar-refractivity contribution >= 4 is 68.2 Å². The van der Waals surface area contributed by atoms with Crippen LogP contribution >= 0.6 is 34.8 Å². The van der Waals surface area contributed by atoms with Crippen molar-refractivity contribution in [2.75, 3.05) is 12.4 Å². The quantitative estimate of drug-likeness (QED) is 0.474. The number of hydrogen-bond donors (Lipinski definition) is 3. The number of carbonyl (C=O) groups is 1. The van der Waals surface area contributed by atoms with Crippen molar-refractivity contribution in [1.82, 2.24) is 4.98 Å². The third-order valence-electron chi connectivity index (χ3n) is 3.61. The average Bonchev–Trinajstić information content (AvgIpc) is 2.52. The van der Waals surface area contributed by atoms with Gasteiger partial charge in [-0.25, -0.2) is 0 Å². The molecule has 2 aromatic carbocycles. The molecule has 1 heterocycles. The molecule has 4 N–H and O–H groups in total. The Morgan fingerprint density at radius 2 is 1.87 bits per heavy atom. The van der Waals surface area contributed by atoms with Crippen LogP contribution in [0.3, 0.4) is 0 Å². The van der Waals surface area contributed by atoms with E-state index in [0.717, 1.165) is 5.69 Å². The summed E-state index contributed by atoms with van der Waals surface area (Å²) in [7, 11) is 1.74. The monoisotopic (exact) mass is 369 g/mol. The predicted octanol–water partition coefficient (Wildman–Crippen LogP) is 3.78.